The highest BCUT2D eigenvalue weighted by molar-refractivity contribution is 5.94. The Morgan fingerprint density at radius 1 is 1.03 bits per heavy atom. The summed E-state index contributed by atoms with van der Waals surface area (Å²) in [5, 5.41) is 23.7. The molecular weight excluding hydrogens is 510 g/mol. The van der Waals surface area contributed by atoms with E-state index in [1.165, 1.54) is 4.90 Å². The molecule has 14 nitrogen and oxygen atoms in total. The average molecular weight is 548 g/mol. The van der Waals surface area contributed by atoms with Crippen LogP contribution in [-0.4, -0.2) is 88.0 Å². The highest BCUT2D eigenvalue weighted by Crippen LogP contribution is 2.20. The topological polar surface area (TPSA) is 244 Å². The molecule has 4 atom stereocenters. The van der Waals surface area contributed by atoms with Crippen molar-refractivity contribution in [3.63, 3.8) is 0 Å². The molecule has 1 aromatic carbocycles. The van der Waals surface area contributed by atoms with E-state index in [2.05, 4.69) is 15.6 Å². The summed E-state index contributed by atoms with van der Waals surface area (Å²) in [4.78, 5) is 67.3. The third-order valence-corrected chi connectivity index (χ3v) is 6.30. The second-order valence-electron chi connectivity index (χ2n) is 9.33. The van der Waals surface area contributed by atoms with Crippen LogP contribution in [0.15, 0.2) is 35.3 Å². The number of nitrogens with zero attached hydrogens (tertiary/aromatic N) is 2. The fraction of sp³-hybridized carbons (Fsp3) is 0.520. The number of aliphatic carboxylic acids is 2. The summed E-state index contributed by atoms with van der Waals surface area (Å²) in [5.74, 6) is -4.45. The van der Waals surface area contributed by atoms with Gasteiger partial charge in [-0.05, 0) is 37.7 Å². The zero-order valence-corrected chi connectivity index (χ0v) is 21.6. The minimum Gasteiger partial charge on any atom is -0.481 e. The van der Waals surface area contributed by atoms with E-state index in [0.717, 1.165) is 0 Å². The quantitative estimate of drug-likeness (QED) is 0.0762. The van der Waals surface area contributed by atoms with Crippen LogP contribution in [0.2, 0.25) is 0 Å². The van der Waals surface area contributed by atoms with Gasteiger partial charge < -0.3 is 42.9 Å². The Labute approximate surface area is 226 Å². The van der Waals surface area contributed by atoms with Crippen molar-refractivity contribution in [2.45, 2.75) is 69.1 Å². The molecule has 2 rings (SSSR count). The molecule has 1 aliphatic heterocycles. The first-order valence-electron chi connectivity index (χ1n) is 12.7. The number of nitrogens with one attached hydrogen (secondary N) is 2. The molecule has 10 N–H and O–H groups in total. The first-order chi connectivity index (χ1) is 18.5. The number of hydrogen-bond donors (Lipinski definition) is 7. The van der Waals surface area contributed by atoms with Crippen LogP contribution in [0.5, 0.6) is 0 Å². The van der Waals surface area contributed by atoms with Gasteiger partial charge in [0.15, 0.2) is 5.96 Å². The van der Waals surface area contributed by atoms with Crippen LogP contribution in [0.4, 0.5) is 0 Å². The molecule has 0 saturated carbocycles. The molecule has 1 aromatic rings. The Morgan fingerprint density at radius 2 is 1.72 bits per heavy atom. The molecule has 0 aromatic heterocycles. The lowest BCUT2D eigenvalue weighted by molar-refractivity contribution is -0.143. The summed E-state index contributed by atoms with van der Waals surface area (Å²) in [6, 6.07) is 4.25. The molecule has 4 unspecified atom stereocenters. The predicted octanol–water partition coefficient (Wildman–Crippen LogP) is -1.48. The molecule has 1 saturated heterocycles. The van der Waals surface area contributed by atoms with Gasteiger partial charge in [-0.15, -0.1) is 0 Å². The van der Waals surface area contributed by atoms with E-state index in [1.54, 1.807) is 30.3 Å². The minimum absolute atomic E-state index is 0.00646. The summed E-state index contributed by atoms with van der Waals surface area (Å²) >= 11 is 0. The molecule has 14 heteroatoms. The third kappa shape index (κ3) is 10.2. The molecule has 0 radical (unpaired) electrons. The lowest BCUT2D eigenvalue weighted by atomic mass is 10.0. The Balaban J connectivity index is 2.07. The predicted molar refractivity (Wildman–Crippen MR) is 141 cm³/mol. The number of amides is 3. The van der Waals surface area contributed by atoms with E-state index in [4.69, 9.17) is 22.3 Å². The first-order valence-corrected chi connectivity index (χ1v) is 12.7. The van der Waals surface area contributed by atoms with E-state index < -0.39 is 60.2 Å². The van der Waals surface area contributed by atoms with E-state index in [9.17, 15) is 29.1 Å². The van der Waals surface area contributed by atoms with Gasteiger partial charge in [-0.3, -0.25) is 24.2 Å². The number of carboxylic acids is 2. The van der Waals surface area contributed by atoms with Crippen LogP contribution in [-0.2, 0) is 30.4 Å². The molecular formula is C25H37N7O7. The second kappa shape index (κ2) is 15.3. The van der Waals surface area contributed by atoms with Crippen LogP contribution in [0, 0.1) is 0 Å². The number of rotatable bonds is 15. The Kier molecular flexibility index (Phi) is 12.1. The third-order valence-electron chi connectivity index (χ3n) is 6.30. The number of hydrogen-bond acceptors (Lipinski definition) is 7. The first kappa shape index (κ1) is 31.0. The SMILES string of the molecule is NC(N)=NCCCC(N)C(=O)N1CCCC1C(=O)NC(CCC(=O)O)C(=O)NC(Cc1ccccc1)C(=O)O. The van der Waals surface area contributed by atoms with E-state index in [0.29, 0.717) is 44.3 Å². The average Bonchev–Trinajstić information content (AvgIpc) is 3.38. The van der Waals surface area contributed by atoms with Crippen molar-refractivity contribution in [1.29, 1.82) is 0 Å². The minimum atomic E-state index is -1.32. The van der Waals surface area contributed by atoms with Gasteiger partial charge in [-0.1, -0.05) is 30.3 Å². The number of carbonyl (C=O) groups is 5. The number of nitrogens with two attached hydrogens (primary N) is 3. The van der Waals surface area contributed by atoms with Crippen molar-refractivity contribution >= 4 is 35.6 Å². The fourth-order valence-electron chi connectivity index (χ4n) is 4.29. The fourth-order valence-corrected chi connectivity index (χ4v) is 4.29. The van der Waals surface area contributed by atoms with Gasteiger partial charge in [0, 0.05) is 25.9 Å². The number of likely N-dealkylation sites (tertiary alicyclic amines) is 1. The van der Waals surface area contributed by atoms with Crippen LogP contribution in [0.25, 0.3) is 0 Å². The monoisotopic (exact) mass is 547 g/mol. The smallest absolute Gasteiger partial charge is 0.326 e. The van der Waals surface area contributed by atoms with Gasteiger partial charge in [0.25, 0.3) is 0 Å². The van der Waals surface area contributed by atoms with Crippen molar-refractivity contribution in [3.8, 4) is 0 Å². The number of aliphatic imine (C=N–C) groups is 1. The van der Waals surface area contributed by atoms with Gasteiger partial charge in [0.05, 0.1) is 6.04 Å². The number of guanidine groups is 1. The molecule has 3 amide bonds. The summed E-state index contributed by atoms with van der Waals surface area (Å²) in [6.45, 7) is 0.595. The molecule has 1 heterocycles. The maximum absolute atomic E-state index is 13.2. The second-order valence-corrected chi connectivity index (χ2v) is 9.33. The van der Waals surface area contributed by atoms with E-state index in [-0.39, 0.29) is 18.8 Å². The highest BCUT2D eigenvalue weighted by atomic mass is 16.4. The number of benzene rings is 1. The van der Waals surface area contributed by atoms with Gasteiger partial charge in [0.1, 0.15) is 18.1 Å². The van der Waals surface area contributed by atoms with E-state index >= 15 is 0 Å². The largest absolute Gasteiger partial charge is 0.481 e. The van der Waals surface area contributed by atoms with Crippen molar-refractivity contribution in [2.75, 3.05) is 13.1 Å². The number of carbonyl (C=O) groups excluding carboxylic acids is 3. The van der Waals surface area contributed by atoms with Gasteiger partial charge >= 0.3 is 11.9 Å². The Hall–Kier alpha value is -4.20. The standard InChI is InChI=1S/C25H37N7O7/c26-16(8-4-12-29-25(27)28)23(37)32-13-5-9-19(32)22(36)30-17(10-11-20(33)34)21(35)31-18(24(38)39)14-15-6-2-1-3-7-15/h1-3,6-7,16-19H,4-5,8-14,26H2,(H,30,36)(H,31,35)(H,33,34)(H,38,39)(H4,27,28,29). The summed E-state index contributed by atoms with van der Waals surface area (Å²) in [6.07, 6.45) is 0.903. The molecule has 0 aliphatic carbocycles. The highest BCUT2D eigenvalue weighted by Gasteiger charge is 2.38. The van der Waals surface area contributed by atoms with Gasteiger partial charge in [0.2, 0.25) is 17.7 Å². The summed E-state index contributed by atoms with van der Waals surface area (Å²) < 4.78 is 0. The Morgan fingerprint density at radius 3 is 2.33 bits per heavy atom. The lowest BCUT2D eigenvalue weighted by Gasteiger charge is -2.28. The van der Waals surface area contributed by atoms with Gasteiger partial charge in [-0.25, -0.2) is 4.79 Å². The molecule has 1 fully saturated rings. The maximum Gasteiger partial charge on any atom is 0.326 e. The maximum atomic E-state index is 13.2. The van der Waals surface area contributed by atoms with Crippen LogP contribution in [0.1, 0.15) is 44.1 Å². The number of carboxylic acid groups (broad SMARTS) is 2. The summed E-state index contributed by atoms with van der Waals surface area (Å²) in [5.41, 5.74) is 17.3. The van der Waals surface area contributed by atoms with Crippen molar-refractivity contribution in [3.05, 3.63) is 35.9 Å². The normalized spacial score (nSPS) is 16.9. The zero-order valence-electron chi connectivity index (χ0n) is 21.6. The molecule has 0 spiro atoms. The van der Waals surface area contributed by atoms with Crippen LogP contribution >= 0.6 is 0 Å². The van der Waals surface area contributed by atoms with Crippen molar-refractivity contribution < 1.29 is 34.2 Å². The van der Waals surface area contributed by atoms with Crippen LogP contribution < -0.4 is 27.8 Å². The molecule has 214 valence electrons. The van der Waals surface area contributed by atoms with Crippen LogP contribution in [0.3, 0.4) is 0 Å². The van der Waals surface area contributed by atoms with Crippen molar-refractivity contribution in [1.82, 2.24) is 15.5 Å². The van der Waals surface area contributed by atoms with Gasteiger partial charge in [-0.2, -0.15) is 0 Å². The molecule has 1 aliphatic rings. The lowest BCUT2D eigenvalue weighted by Crippen LogP contribution is -2.56. The zero-order chi connectivity index (χ0) is 28.9. The molecule has 39 heavy (non-hydrogen) atoms. The summed E-state index contributed by atoms with van der Waals surface area (Å²) in [7, 11) is 0. The van der Waals surface area contributed by atoms with E-state index in [1.807, 2.05) is 0 Å². The van der Waals surface area contributed by atoms with Crippen molar-refractivity contribution in [2.24, 2.45) is 22.2 Å². The Bertz CT molecular complexity index is 1050. The molecule has 0 bridgehead atoms.